The number of hydrogen-bond acceptors (Lipinski definition) is 5. The van der Waals surface area contributed by atoms with Gasteiger partial charge in [-0.2, -0.15) is 0 Å². The van der Waals surface area contributed by atoms with Gasteiger partial charge in [-0.25, -0.2) is 0 Å². The molecule has 2 heterocycles. The molecule has 2 aromatic heterocycles. The molecule has 0 fully saturated rings. The second kappa shape index (κ2) is 7.03. The van der Waals surface area contributed by atoms with Gasteiger partial charge in [-0.15, -0.1) is 0 Å². The van der Waals surface area contributed by atoms with Crippen LogP contribution in [0.3, 0.4) is 0 Å². The first kappa shape index (κ1) is 15.2. The number of amides is 1. The fourth-order valence-electron chi connectivity index (χ4n) is 1.93. The molecular weight excluding hydrogens is 288 g/mol. The van der Waals surface area contributed by atoms with Crippen molar-refractivity contribution in [3.63, 3.8) is 0 Å². The molecule has 0 unspecified atom stereocenters. The van der Waals surface area contributed by atoms with Crippen molar-refractivity contribution in [1.82, 2.24) is 14.9 Å². The van der Waals surface area contributed by atoms with E-state index in [1.54, 1.807) is 28.6 Å². The molecule has 0 bridgehead atoms. The number of aromatic nitrogens is 2. The summed E-state index contributed by atoms with van der Waals surface area (Å²) in [6.07, 6.45) is 1.61. The summed E-state index contributed by atoms with van der Waals surface area (Å²) >= 11 is 1.13. The van der Waals surface area contributed by atoms with Crippen LogP contribution in [0.5, 0.6) is 0 Å². The van der Waals surface area contributed by atoms with Gasteiger partial charge < -0.3 is 15.2 Å². The number of thiazole rings is 1. The summed E-state index contributed by atoms with van der Waals surface area (Å²) in [7, 11) is 0. The number of rotatable bonds is 6. The Bertz CT molecular complexity index is 661. The van der Waals surface area contributed by atoms with Gasteiger partial charge in [0.2, 0.25) is 0 Å². The van der Waals surface area contributed by atoms with Crippen LogP contribution in [0.1, 0.15) is 30.0 Å². The molecule has 112 valence electrons. The average Bonchev–Trinajstić information content (AvgIpc) is 2.92. The van der Waals surface area contributed by atoms with E-state index in [4.69, 9.17) is 0 Å². The molecule has 0 saturated carbocycles. The van der Waals surface area contributed by atoms with Crippen LogP contribution in [0.4, 0.5) is 5.69 Å². The van der Waals surface area contributed by atoms with Gasteiger partial charge in [-0.1, -0.05) is 11.3 Å². The van der Waals surface area contributed by atoms with Crippen LogP contribution in [-0.2, 0) is 6.54 Å². The van der Waals surface area contributed by atoms with Gasteiger partial charge in [0.05, 0.1) is 6.54 Å². The van der Waals surface area contributed by atoms with Crippen LogP contribution in [0.2, 0.25) is 0 Å². The molecular formula is C14H18N4O2S. The van der Waals surface area contributed by atoms with Gasteiger partial charge in [0, 0.05) is 36.0 Å². The molecule has 21 heavy (non-hydrogen) atoms. The maximum atomic E-state index is 12.2. The van der Waals surface area contributed by atoms with Gasteiger partial charge in [0.25, 0.3) is 5.91 Å². The number of hydrogen-bond donors (Lipinski definition) is 2. The molecule has 2 N–H and O–H groups in total. The normalized spacial score (nSPS) is 10.4. The highest BCUT2D eigenvalue weighted by Crippen LogP contribution is 2.11. The first-order valence-electron chi connectivity index (χ1n) is 6.80. The predicted octanol–water partition coefficient (Wildman–Crippen LogP) is 1.93. The Labute approximate surface area is 126 Å². The van der Waals surface area contributed by atoms with E-state index in [-0.39, 0.29) is 10.8 Å². The average molecular weight is 306 g/mol. The molecule has 2 rings (SSSR count). The lowest BCUT2D eigenvalue weighted by molar-refractivity contribution is 0.0767. The third-order valence-electron chi connectivity index (χ3n) is 3.08. The molecule has 1 amide bonds. The highest BCUT2D eigenvalue weighted by atomic mass is 32.1. The summed E-state index contributed by atoms with van der Waals surface area (Å²) in [6, 6.07) is 3.52. The fourth-order valence-corrected chi connectivity index (χ4v) is 2.51. The van der Waals surface area contributed by atoms with E-state index in [1.165, 1.54) is 0 Å². The lowest BCUT2D eigenvalue weighted by Gasteiger charge is -2.18. The Hall–Kier alpha value is -2.15. The van der Waals surface area contributed by atoms with E-state index in [0.29, 0.717) is 25.3 Å². The van der Waals surface area contributed by atoms with Crippen molar-refractivity contribution in [2.24, 2.45) is 0 Å². The number of carbonyl (C=O) groups is 1. The molecule has 0 atom stereocenters. The third-order valence-corrected chi connectivity index (χ3v) is 3.80. The van der Waals surface area contributed by atoms with E-state index < -0.39 is 0 Å². The number of anilines is 1. The minimum Gasteiger partial charge on any atom is -0.379 e. The SMILES string of the molecule is CCN(CC)C(=O)c1cc(NCc2csc(=O)[nH]2)ccn1. The number of nitrogens with one attached hydrogen (secondary N) is 2. The summed E-state index contributed by atoms with van der Waals surface area (Å²) < 4.78 is 0. The predicted molar refractivity (Wildman–Crippen MR) is 83.8 cm³/mol. The molecule has 0 saturated heterocycles. The van der Waals surface area contributed by atoms with Crippen LogP contribution in [0.15, 0.2) is 28.5 Å². The van der Waals surface area contributed by atoms with E-state index in [9.17, 15) is 9.59 Å². The molecule has 7 heteroatoms. The van der Waals surface area contributed by atoms with E-state index in [0.717, 1.165) is 22.7 Å². The Morgan fingerprint density at radius 2 is 2.19 bits per heavy atom. The summed E-state index contributed by atoms with van der Waals surface area (Å²) in [6.45, 7) is 5.70. The molecule has 0 aliphatic carbocycles. The van der Waals surface area contributed by atoms with Gasteiger partial charge in [0.15, 0.2) is 0 Å². The number of nitrogens with zero attached hydrogens (tertiary/aromatic N) is 2. The summed E-state index contributed by atoms with van der Waals surface area (Å²) in [5.41, 5.74) is 2.04. The van der Waals surface area contributed by atoms with Crippen LogP contribution in [0, 0.1) is 0 Å². The maximum absolute atomic E-state index is 12.2. The standard InChI is InChI=1S/C14H18N4O2S/c1-3-18(4-2)13(19)12-7-10(5-6-15-12)16-8-11-9-21-14(20)17-11/h5-7,9H,3-4,8H2,1-2H3,(H,15,16)(H,17,20). The minimum absolute atomic E-state index is 0.0704. The highest BCUT2D eigenvalue weighted by Gasteiger charge is 2.14. The summed E-state index contributed by atoms with van der Waals surface area (Å²) in [5.74, 6) is -0.0763. The second-order valence-electron chi connectivity index (χ2n) is 4.43. The third kappa shape index (κ3) is 3.91. The molecule has 2 aromatic rings. The van der Waals surface area contributed by atoms with Crippen molar-refractivity contribution in [2.75, 3.05) is 18.4 Å². The molecule has 6 nitrogen and oxygen atoms in total. The van der Waals surface area contributed by atoms with Gasteiger partial charge >= 0.3 is 4.87 Å². The van der Waals surface area contributed by atoms with Crippen LogP contribution in [0.25, 0.3) is 0 Å². The Morgan fingerprint density at radius 3 is 2.81 bits per heavy atom. The summed E-state index contributed by atoms with van der Waals surface area (Å²) in [5, 5.41) is 4.95. The van der Waals surface area contributed by atoms with Crippen LogP contribution in [-0.4, -0.2) is 33.9 Å². The van der Waals surface area contributed by atoms with Crippen LogP contribution < -0.4 is 10.2 Å². The zero-order valence-corrected chi connectivity index (χ0v) is 12.9. The Balaban J connectivity index is 2.06. The van der Waals surface area contributed by atoms with Gasteiger partial charge in [-0.05, 0) is 26.0 Å². The van der Waals surface area contributed by atoms with Crippen molar-refractivity contribution in [3.05, 3.63) is 44.8 Å². The van der Waals surface area contributed by atoms with Crippen LogP contribution >= 0.6 is 11.3 Å². The number of aromatic amines is 1. The first-order valence-corrected chi connectivity index (χ1v) is 7.67. The first-order chi connectivity index (χ1) is 10.1. The quantitative estimate of drug-likeness (QED) is 0.855. The Morgan fingerprint density at radius 1 is 1.43 bits per heavy atom. The fraction of sp³-hybridized carbons (Fsp3) is 0.357. The second-order valence-corrected chi connectivity index (χ2v) is 5.28. The van der Waals surface area contributed by atoms with Gasteiger partial charge in [0.1, 0.15) is 5.69 Å². The van der Waals surface area contributed by atoms with Crippen molar-refractivity contribution in [2.45, 2.75) is 20.4 Å². The number of carbonyl (C=O) groups excluding carboxylic acids is 1. The lowest BCUT2D eigenvalue weighted by Crippen LogP contribution is -2.31. The molecule has 0 aromatic carbocycles. The monoisotopic (exact) mass is 306 g/mol. The van der Waals surface area contributed by atoms with Crippen molar-refractivity contribution in [3.8, 4) is 0 Å². The molecule has 0 spiro atoms. The lowest BCUT2D eigenvalue weighted by atomic mass is 10.2. The molecule has 0 radical (unpaired) electrons. The van der Waals surface area contributed by atoms with E-state index in [2.05, 4.69) is 15.3 Å². The van der Waals surface area contributed by atoms with E-state index >= 15 is 0 Å². The van der Waals surface area contributed by atoms with Crippen molar-refractivity contribution < 1.29 is 4.79 Å². The van der Waals surface area contributed by atoms with E-state index in [1.807, 2.05) is 13.8 Å². The highest BCUT2D eigenvalue weighted by molar-refractivity contribution is 7.07. The smallest absolute Gasteiger partial charge is 0.304 e. The summed E-state index contributed by atoms with van der Waals surface area (Å²) in [4.78, 5) is 31.8. The minimum atomic E-state index is -0.0763. The maximum Gasteiger partial charge on any atom is 0.304 e. The molecule has 0 aliphatic heterocycles. The topological polar surface area (TPSA) is 78.1 Å². The largest absolute Gasteiger partial charge is 0.379 e. The zero-order valence-electron chi connectivity index (χ0n) is 12.0. The number of pyridine rings is 1. The molecule has 0 aliphatic rings. The zero-order chi connectivity index (χ0) is 15.2. The Kier molecular flexibility index (Phi) is 5.10. The number of H-pyrrole nitrogens is 1. The van der Waals surface area contributed by atoms with Gasteiger partial charge in [-0.3, -0.25) is 14.6 Å². The van der Waals surface area contributed by atoms with Crippen molar-refractivity contribution >= 4 is 22.9 Å². The van der Waals surface area contributed by atoms with Crippen molar-refractivity contribution in [1.29, 1.82) is 0 Å².